The lowest BCUT2D eigenvalue weighted by molar-refractivity contribution is -0.148. The van der Waals surface area contributed by atoms with E-state index in [0.717, 1.165) is 27.5 Å². The predicted octanol–water partition coefficient (Wildman–Crippen LogP) is 4.83. The number of carbonyl (C=O) groups excluding carboxylic acids is 2. The number of carbonyl (C=O) groups is 2. The third-order valence-corrected chi connectivity index (χ3v) is 5.15. The van der Waals surface area contributed by atoms with Crippen molar-refractivity contribution < 1.29 is 14.3 Å². The Hall–Kier alpha value is -3.92. The van der Waals surface area contributed by atoms with Gasteiger partial charge in [-0.05, 0) is 27.5 Å². The van der Waals surface area contributed by atoms with E-state index in [-0.39, 0.29) is 25.0 Å². The smallest absolute Gasteiger partial charge is 0.310 e. The molecule has 1 N–H and O–H groups in total. The fourth-order valence-electron chi connectivity index (χ4n) is 3.65. The van der Waals surface area contributed by atoms with E-state index in [2.05, 4.69) is 5.32 Å². The van der Waals surface area contributed by atoms with Crippen molar-refractivity contribution in [1.82, 2.24) is 5.32 Å². The molecule has 4 aromatic rings. The van der Waals surface area contributed by atoms with Crippen LogP contribution < -0.4 is 5.32 Å². The van der Waals surface area contributed by atoms with Gasteiger partial charge in [-0.25, -0.2) is 0 Å². The van der Waals surface area contributed by atoms with Crippen molar-refractivity contribution in [3.63, 3.8) is 0 Å². The molecule has 0 aliphatic carbocycles. The summed E-state index contributed by atoms with van der Waals surface area (Å²) in [5.41, 5.74) is 2.81. The molecule has 0 bridgehead atoms. The first kappa shape index (κ1) is 20.4. The topological polar surface area (TPSA) is 55.4 Å². The van der Waals surface area contributed by atoms with Gasteiger partial charge in [-0.15, -0.1) is 0 Å². The molecule has 0 heterocycles. The zero-order chi connectivity index (χ0) is 21.5. The van der Waals surface area contributed by atoms with Crippen LogP contribution in [-0.4, -0.2) is 18.5 Å². The summed E-state index contributed by atoms with van der Waals surface area (Å²) in [4.78, 5) is 25.0. The zero-order valence-corrected chi connectivity index (χ0v) is 17.0. The van der Waals surface area contributed by atoms with Crippen LogP contribution in [0.25, 0.3) is 10.8 Å². The summed E-state index contributed by atoms with van der Waals surface area (Å²) in [5, 5.41) is 5.06. The van der Waals surface area contributed by atoms with Crippen LogP contribution in [-0.2, 0) is 20.7 Å². The Labute approximate surface area is 181 Å². The summed E-state index contributed by atoms with van der Waals surface area (Å²) < 4.78 is 5.28. The van der Waals surface area contributed by atoms with E-state index in [1.807, 2.05) is 103 Å². The first-order valence-corrected chi connectivity index (χ1v) is 10.2. The van der Waals surface area contributed by atoms with Crippen LogP contribution in [0.5, 0.6) is 0 Å². The Bertz CT molecular complexity index is 1130. The van der Waals surface area contributed by atoms with E-state index >= 15 is 0 Å². The minimum absolute atomic E-state index is 0.120. The Balaban J connectivity index is 1.40. The summed E-state index contributed by atoms with van der Waals surface area (Å²) in [6, 6.07) is 32.9. The zero-order valence-electron chi connectivity index (χ0n) is 17.0. The van der Waals surface area contributed by atoms with Crippen LogP contribution in [0.2, 0.25) is 0 Å². The molecule has 31 heavy (non-hydrogen) atoms. The highest BCUT2D eigenvalue weighted by molar-refractivity contribution is 5.89. The Morgan fingerprint density at radius 1 is 0.710 bits per heavy atom. The van der Waals surface area contributed by atoms with Crippen LogP contribution in [0, 0.1) is 0 Å². The molecule has 4 rings (SSSR count). The van der Waals surface area contributed by atoms with E-state index in [0.29, 0.717) is 0 Å². The van der Waals surface area contributed by atoms with Crippen molar-refractivity contribution in [2.24, 2.45) is 0 Å². The molecule has 0 aromatic heterocycles. The van der Waals surface area contributed by atoms with Crippen LogP contribution in [0.3, 0.4) is 0 Å². The largest absolute Gasteiger partial charge is 0.455 e. The summed E-state index contributed by atoms with van der Waals surface area (Å²) in [7, 11) is 0. The average Bonchev–Trinajstić information content (AvgIpc) is 2.82. The minimum atomic E-state index is -0.428. The average molecular weight is 409 g/mol. The van der Waals surface area contributed by atoms with Crippen molar-refractivity contribution in [2.75, 3.05) is 6.61 Å². The second-order valence-electron chi connectivity index (χ2n) is 7.30. The maximum Gasteiger partial charge on any atom is 0.310 e. The van der Waals surface area contributed by atoms with E-state index in [4.69, 9.17) is 4.74 Å². The van der Waals surface area contributed by atoms with Gasteiger partial charge >= 0.3 is 5.97 Å². The highest BCUT2D eigenvalue weighted by Gasteiger charge is 2.18. The molecule has 4 aromatic carbocycles. The second kappa shape index (κ2) is 9.72. The van der Waals surface area contributed by atoms with Crippen LogP contribution in [0.1, 0.15) is 22.7 Å². The molecule has 0 unspecified atom stereocenters. The lowest BCUT2D eigenvalue weighted by atomic mass is 9.99. The van der Waals surface area contributed by atoms with E-state index in [9.17, 15) is 9.59 Å². The first-order valence-electron chi connectivity index (χ1n) is 10.2. The van der Waals surface area contributed by atoms with Gasteiger partial charge in [-0.2, -0.15) is 0 Å². The number of ether oxygens (including phenoxy) is 1. The van der Waals surface area contributed by atoms with E-state index in [1.165, 1.54) is 0 Å². The van der Waals surface area contributed by atoms with E-state index in [1.54, 1.807) is 0 Å². The molecule has 1 amide bonds. The van der Waals surface area contributed by atoms with Gasteiger partial charge in [-0.1, -0.05) is 103 Å². The molecule has 0 saturated carbocycles. The van der Waals surface area contributed by atoms with Gasteiger partial charge in [0.2, 0.25) is 0 Å². The molecule has 4 heteroatoms. The first-order chi connectivity index (χ1) is 15.2. The number of hydrogen-bond acceptors (Lipinski definition) is 3. The van der Waals surface area contributed by atoms with Crippen LogP contribution >= 0.6 is 0 Å². The van der Waals surface area contributed by atoms with Gasteiger partial charge in [0.05, 0.1) is 12.5 Å². The quantitative estimate of drug-likeness (QED) is 0.445. The fourth-order valence-corrected chi connectivity index (χ4v) is 3.65. The van der Waals surface area contributed by atoms with Crippen molar-refractivity contribution in [3.8, 4) is 0 Å². The Morgan fingerprint density at radius 3 is 1.97 bits per heavy atom. The SMILES string of the molecule is O=C(COC(=O)Cc1cccc2ccccc12)NC(c1ccccc1)c1ccccc1. The number of esters is 1. The summed E-state index contributed by atoms with van der Waals surface area (Å²) >= 11 is 0. The van der Waals surface area contributed by atoms with Gasteiger partial charge in [-0.3, -0.25) is 9.59 Å². The number of amides is 1. The molecule has 4 nitrogen and oxygen atoms in total. The lowest BCUT2D eigenvalue weighted by Gasteiger charge is -2.20. The summed E-state index contributed by atoms with van der Waals surface area (Å²) in [6.45, 7) is -0.320. The number of nitrogens with one attached hydrogen (secondary N) is 1. The second-order valence-corrected chi connectivity index (χ2v) is 7.30. The maximum atomic E-state index is 12.6. The summed E-state index contributed by atoms with van der Waals surface area (Å²) in [5.74, 6) is -0.772. The molecule has 154 valence electrons. The highest BCUT2D eigenvalue weighted by Crippen LogP contribution is 2.22. The molecule has 0 aliphatic rings. The number of benzene rings is 4. The minimum Gasteiger partial charge on any atom is -0.455 e. The molecule has 0 aliphatic heterocycles. The van der Waals surface area contributed by atoms with Crippen LogP contribution in [0.15, 0.2) is 103 Å². The van der Waals surface area contributed by atoms with Gasteiger partial charge < -0.3 is 10.1 Å². The van der Waals surface area contributed by atoms with Crippen LogP contribution in [0.4, 0.5) is 0 Å². The maximum absolute atomic E-state index is 12.6. The number of hydrogen-bond donors (Lipinski definition) is 1. The van der Waals surface area contributed by atoms with Crippen molar-refractivity contribution in [3.05, 3.63) is 120 Å². The summed E-state index contributed by atoms with van der Waals surface area (Å²) in [6.07, 6.45) is 0.120. The lowest BCUT2D eigenvalue weighted by Crippen LogP contribution is -2.33. The number of fused-ring (bicyclic) bond motifs is 1. The van der Waals surface area contributed by atoms with Crippen molar-refractivity contribution in [1.29, 1.82) is 0 Å². The van der Waals surface area contributed by atoms with E-state index < -0.39 is 5.97 Å². The normalized spacial score (nSPS) is 10.7. The predicted molar refractivity (Wildman–Crippen MR) is 121 cm³/mol. The highest BCUT2D eigenvalue weighted by atomic mass is 16.5. The Morgan fingerprint density at radius 2 is 1.29 bits per heavy atom. The van der Waals surface area contributed by atoms with Gasteiger partial charge in [0.25, 0.3) is 5.91 Å². The molecule has 0 fully saturated rings. The molecule has 0 saturated heterocycles. The monoisotopic (exact) mass is 409 g/mol. The molecule has 0 radical (unpaired) electrons. The van der Waals surface area contributed by atoms with Gasteiger partial charge in [0.1, 0.15) is 0 Å². The number of rotatable bonds is 7. The van der Waals surface area contributed by atoms with Gasteiger partial charge in [0, 0.05) is 0 Å². The van der Waals surface area contributed by atoms with Gasteiger partial charge in [0.15, 0.2) is 6.61 Å². The molecular weight excluding hydrogens is 386 g/mol. The Kier molecular flexibility index (Phi) is 6.38. The third kappa shape index (κ3) is 5.17. The van der Waals surface area contributed by atoms with Crippen molar-refractivity contribution >= 4 is 22.6 Å². The third-order valence-electron chi connectivity index (χ3n) is 5.15. The van der Waals surface area contributed by atoms with Crippen molar-refractivity contribution in [2.45, 2.75) is 12.5 Å². The fraction of sp³-hybridized carbons (Fsp3) is 0.111. The standard InChI is InChI=1S/C27H23NO3/c29-25(28-27(21-11-3-1-4-12-21)22-13-5-2-6-14-22)19-31-26(30)18-23-16-9-15-20-10-7-8-17-24(20)23/h1-17,27H,18-19H2,(H,28,29). The molecule has 0 atom stereocenters. The molecular formula is C27H23NO3. The molecule has 0 spiro atoms.